The molecular formula is C24H38O3. The molecule has 1 N–H and O–H groups in total. The van der Waals surface area contributed by atoms with E-state index in [1.54, 1.807) is 0 Å². The molecule has 0 aromatic heterocycles. The maximum Gasteiger partial charge on any atom is 0.332 e. The summed E-state index contributed by atoms with van der Waals surface area (Å²) in [6.45, 7) is 4.42. The zero-order chi connectivity index (χ0) is 20.0. The first kappa shape index (κ1) is 25.1. The van der Waals surface area contributed by atoms with Gasteiger partial charge in [0.25, 0.3) is 0 Å². The largest absolute Gasteiger partial charge is 0.479 e. The van der Waals surface area contributed by atoms with Gasteiger partial charge in [-0.2, -0.15) is 0 Å². The van der Waals surface area contributed by atoms with Crippen LogP contribution in [0, 0.1) is 0 Å². The van der Waals surface area contributed by atoms with Gasteiger partial charge in [0.05, 0.1) is 6.61 Å². The fourth-order valence-electron chi connectivity index (χ4n) is 2.34. The molecule has 152 valence electrons. The Morgan fingerprint density at radius 3 is 1.96 bits per heavy atom. The average Bonchev–Trinajstić information content (AvgIpc) is 2.66. The number of allylic oxidation sites excluding steroid dienone is 9. The summed E-state index contributed by atoms with van der Waals surface area (Å²) >= 11 is 0. The van der Waals surface area contributed by atoms with Crippen molar-refractivity contribution in [1.82, 2.24) is 0 Å². The molecule has 0 aromatic carbocycles. The number of ether oxygens (including phenoxy) is 1. The second kappa shape index (κ2) is 20.4. The lowest BCUT2D eigenvalue weighted by Gasteiger charge is -2.09. The number of rotatable bonds is 17. The average molecular weight is 375 g/mol. The van der Waals surface area contributed by atoms with Crippen LogP contribution in [0.2, 0.25) is 0 Å². The molecule has 0 fully saturated rings. The number of carbonyl (C=O) groups is 1. The van der Waals surface area contributed by atoms with Crippen molar-refractivity contribution < 1.29 is 14.6 Å². The topological polar surface area (TPSA) is 46.5 Å². The number of aliphatic carboxylic acids is 1. The van der Waals surface area contributed by atoms with Crippen LogP contribution >= 0.6 is 0 Å². The van der Waals surface area contributed by atoms with E-state index in [1.807, 2.05) is 19.1 Å². The molecule has 0 aromatic rings. The number of carboxylic acid groups (broad SMARTS) is 1. The normalized spacial score (nSPS) is 13.9. The third-order valence-corrected chi connectivity index (χ3v) is 3.90. The van der Waals surface area contributed by atoms with Gasteiger partial charge in [-0.25, -0.2) is 4.79 Å². The summed E-state index contributed by atoms with van der Waals surface area (Å²) in [5.74, 6) is -0.882. The highest BCUT2D eigenvalue weighted by Crippen LogP contribution is 2.03. The molecule has 0 saturated heterocycles. The van der Waals surface area contributed by atoms with E-state index in [2.05, 4.69) is 55.5 Å². The van der Waals surface area contributed by atoms with E-state index >= 15 is 0 Å². The third-order valence-electron chi connectivity index (χ3n) is 3.90. The first-order valence-electron chi connectivity index (χ1n) is 10.3. The predicted molar refractivity (Wildman–Crippen MR) is 116 cm³/mol. The Labute approximate surface area is 166 Å². The van der Waals surface area contributed by atoms with Gasteiger partial charge in [-0.1, -0.05) is 74.6 Å². The standard InChI is InChI=1S/C24H38O3/c1-3-5-6-7-8-9-10-11-12-13-14-15-16-17-18-19-20-21-22-27-23(4-2)24(25)26/h5-6,8-9,11-12,17-20,23H,3-4,7,10,13-16,21-22H2,1-2H3,(H,25,26). The summed E-state index contributed by atoms with van der Waals surface area (Å²) in [4.78, 5) is 10.8. The Morgan fingerprint density at radius 1 is 0.815 bits per heavy atom. The molecule has 27 heavy (non-hydrogen) atoms. The lowest BCUT2D eigenvalue weighted by atomic mass is 10.1. The number of hydrogen-bond donors (Lipinski definition) is 1. The number of unbranched alkanes of at least 4 members (excludes halogenated alkanes) is 3. The van der Waals surface area contributed by atoms with Crippen LogP contribution in [0.4, 0.5) is 0 Å². The van der Waals surface area contributed by atoms with Crippen LogP contribution in [-0.2, 0) is 9.53 Å². The molecule has 3 heteroatoms. The zero-order valence-electron chi connectivity index (χ0n) is 17.2. The lowest BCUT2D eigenvalue weighted by Crippen LogP contribution is -2.23. The summed E-state index contributed by atoms with van der Waals surface area (Å²) in [6.07, 6.45) is 30.0. The van der Waals surface area contributed by atoms with Crippen molar-refractivity contribution in [3.05, 3.63) is 60.8 Å². The fraction of sp³-hybridized carbons (Fsp3) is 0.542. The maximum absolute atomic E-state index is 10.8. The van der Waals surface area contributed by atoms with Crippen molar-refractivity contribution >= 4 is 5.97 Å². The quantitative estimate of drug-likeness (QED) is 0.173. The third kappa shape index (κ3) is 18.7. The Balaban J connectivity index is 3.50. The van der Waals surface area contributed by atoms with E-state index in [-0.39, 0.29) is 0 Å². The van der Waals surface area contributed by atoms with Gasteiger partial charge in [0, 0.05) is 0 Å². The molecule has 0 aliphatic heterocycles. The van der Waals surface area contributed by atoms with Crippen molar-refractivity contribution in [3.8, 4) is 0 Å². The second-order valence-corrected chi connectivity index (χ2v) is 6.33. The van der Waals surface area contributed by atoms with Crippen LogP contribution in [0.3, 0.4) is 0 Å². The summed E-state index contributed by atoms with van der Waals surface area (Å²) in [6, 6.07) is 0. The van der Waals surface area contributed by atoms with E-state index in [9.17, 15) is 4.79 Å². The fourth-order valence-corrected chi connectivity index (χ4v) is 2.34. The predicted octanol–water partition coefficient (Wildman–Crippen LogP) is 6.79. The van der Waals surface area contributed by atoms with E-state index in [0.717, 1.165) is 38.5 Å². The van der Waals surface area contributed by atoms with Gasteiger partial charge in [-0.3, -0.25) is 0 Å². The molecule has 3 nitrogen and oxygen atoms in total. The Kier molecular flexibility index (Phi) is 19.0. The molecule has 0 radical (unpaired) electrons. The van der Waals surface area contributed by atoms with E-state index in [1.165, 1.54) is 12.8 Å². The molecule has 0 saturated carbocycles. The number of hydrogen-bond acceptors (Lipinski definition) is 2. The SMILES string of the molecule is CCC=CCC=CCC=CCCCCC=CC=CCCOC(CC)C(=O)O. The minimum Gasteiger partial charge on any atom is -0.479 e. The van der Waals surface area contributed by atoms with Gasteiger partial charge in [0.15, 0.2) is 6.10 Å². The van der Waals surface area contributed by atoms with Gasteiger partial charge in [0.2, 0.25) is 0 Å². The van der Waals surface area contributed by atoms with E-state index < -0.39 is 12.1 Å². The molecule has 0 rings (SSSR count). The monoisotopic (exact) mass is 374 g/mol. The first-order valence-corrected chi connectivity index (χ1v) is 10.3. The number of carboxylic acids is 1. The van der Waals surface area contributed by atoms with Gasteiger partial charge < -0.3 is 9.84 Å². The van der Waals surface area contributed by atoms with Crippen LogP contribution in [-0.4, -0.2) is 23.8 Å². The molecular weight excluding hydrogens is 336 g/mol. The van der Waals surface area contributed by atoms with Crippen molar-refractivity contribution in [2.24, 2.45) is 0 Å². The Hall–Kier alpha value is -1.87. The minimum absolute atomic E-state index is 0.451. The highest BCUT2D eigenvalue weighted by Gasteiger charge is 2.13. The summed E-state index contributed by atoms with van der Waals surface area (Å²) in [5, 5.41) is 8.86. The van der Waals surface area contributed by atoms with Crippen LogP contribution in [0.25, 0.3) is 0 Å². The summed E-state index contributed by atoms with van der Waals surface area (Å²) in [7, 11) is 0. The molecule has 0 aliphatic carbocycles. The van der Waals surface area contributed by atoms with Crippen LogP contribution in [0.1, 0.15) is 71.6 Å². The van der Waals surface area contributed by atoms with E-state index in [0.29, 0.717) is 13.0 Å². The van der Waals surface area contributed by atoms with Crippen molar-refractivity contribution in [2.75, 3.05) is 6.61 Å². The first-order chi connectivity index (χ1) is 13.2. The minimum atomic E-state index is -0.882. The van der Waals surface area contributed by atoms with Gasteiger partial charge in [-0.05, 0) is 57.8 Å². The van der Waals surface area contributed by atoms with Crippen molar-refractivity contribution in [3.63, 3.8) is 0 Å². The van der Waals surface area contributed by atoms with Crippen molar-refractivity contribution in [1.29, 1.82) is 0 Å². The highest BCUT2D eigenvalue weighted by molar-refractivity contribution is 5.72. The summed E-state index contributed by atoms with van der Waals surface area (Å²) < 4.78 is 5.29. The second-order valence-electron chi connectivity index (χ2n) is 6.33. The molecule has 1 atom stereocenters. The Morgan fingerprint density at radius 2 is 1.37 bits per heavy atom. The molecule has 0 heterocycles. The highest BCUT2D eigenvalue weighted by atomic mass is 16.5. The van der Waals surface area contributed by atoms with Gasteiger partial charge in [0.1, 0.15) is 0 Å². The molecule has 0 bridgehead atoms. The Bertz CT molecular complexity index is 484. The molecule has 0 aliphatic rings. The van der Waals surface area contributed by atoms with Gasteiger partial charge >= 0.3 is 5.97 Å². The lowest BCUT2D eigenvalue weighted by molar-refractivity contribution is -0.150. The summed E-state index contributed by atoms with van der Waals surface area (Å²) in [5.41, 5.74) is 0. The van der Waals surface area contributed by atoms with Crippen molar-refractivity contribution in [2.45, 2.75) is 77.7 Å². The van der Waals surface area contributed by atoms with Gasteiger partial charge in [-0.15, -0.1) is 0 Å². The molecule has 0 amide bonds. The van der Waals surface area contributed by atoms with Crippen LogP contribution in [0.5, 0.6) is 0 Å². The maximum atomic E-state index is 10.8. The van der Waals surface area contributed by atoms with Crippen LogP contribution < -0.4 is 0 Å². The van der Waals surface area contributed by atoms with Crippen LogP contribution in [0.15, 0.2) is 60.8 Å². The molecule has 1 unspecified atom stereocenters. The molecule has 0 spiro atoms. The van der Waals surface area contributed by atoms with E-state index in [4.69, 9.17) is 9.84 Å². The smallest absolute Gasteiger partial charge is 0.332 e. The zero-order valence-corrected chi connectivity index (χ0v) is 17.2.